The Kier molecular flexibility index (Phi) is 7.46. The Morgan fingerprint density at radius 2 is 1.96 bits per heavy atom. The van der Waals surface area contributed by atoms with Crippen molar-refractivity contribution in [3.63, 3.8) is 0 Å². The molecule has 0 spiro atoms. The van der Waals surface area contributed by atoms with E-state index >= 15 is 0 Å². The molecule has 23 heavy (non-hydrogen) atoms. The molecule has 0 saturated heterocycles. The minimum atomic E-state index is 0.472. The van der Waals surface area contributed by atoms with Gasteiger partial charge in [0.1, 0.15) is 0 Å². The highest BCUT2D eigenvalue weighted by Crippen LogP contribution is 2.11. The van der Waals surface area contributed by atoms with Crippen molar-refractivity contribution in [1.29, 1.82) is 0 Å². The molecular formula is C18H28N4O. The molecule has 5 nitrogen and oxygen atoms in total. The Balaban J connectivity index is 1.85. The number of nitrogens with one attached hydrogen (secondary N) is 3. The third-order valence-corrected chi connectivity index (χ3v) is 3.70. The summed E-state index contributed by atoms with van der Waals surface area (Å²) in [5.74, 6) is 0.892. The maximum absolute atomic E-state index is 5.03. The molecule has 0 fully saturated rings. The first kappa shape index (κ1) is 17.3. The van der Waals surface area contributed by atoms with E-state index in [0.29, 0.717) is 19.2 Å². The predicted octanol–water partition coefficient (Wildman–Crippen LogP) is 2.52. The summed E-state index contributed by atoms with van der Waals surface area (Å²) < 4.78 is 5.03. The van der Waals surface area contributed by atoms with Crippen LogP contribution in [0.15, 0.2) is 41.4 Å². The lowest BCUT2D eigenvalue weighted by atomic mass is 10.2. The van der Waals surface area contributed by atoms with Crippen molar-refractivity contribution < 1.29 is 4.74 Å². The maximum Gasteiger partial charge on any atom is 0.191 e. The summed E-state index contributed by atoms with van der Waals surface area (Å²) in [6.07, 6.45) is 6.59. The standard InChI is InChI=1S/C18H28N4O/c1-3-19-18(22-17-6-4-5-7-17)21-14-15-8-10-16(11-9-15)20-12-13-23-2/h4-5,8-11,17,20H,3,6-7,12-14H2,1-2H3,(H2,19,21,22). The average molecular weight is 316 g/mol. The number of rotatable bonds is 8. The summed E-state index contributed by atoms with van der Waals surface area (Å²) >= 11 is 0. The lowest BCUT2D eigenvalue weighted by molar-refractivity contribution is 0.211. The summed E-state index contributed by atoms with van der Waals surface area (Å²) in [5.41, 5.74) is 2.31. The Labute approximate surface area is 139 Å². The van der Waals surface area contributed by atoms with Crippen molar-refractivity contribution in [3.8, 4) is 0 Å². The van der Waals surface area contributed by atoms with Crippen LogP contribution in [0.5, 0.6) is 0 Å². The average Bonchev–Trinajstić information content (AvgIpc) is 3.07. The highest BCUT2D eigenvalue weighted by molar-refractivity contribution is 5.80. The smallest absolute Gasteiger partial charge is 0.191 e. The van der Waals surface area contributed by atoms with Crippen LogP contribution in [0.3, 0.4) is 0 Å². The third kappa shape index (κ3) is 6.32. The number of hydrogen-bond acceptors (Lipinski definition) is 3. The third-order valence-electron chi connectivity index (χ3n) is 3.70. The van der Waals surface area contributed by atoms with E-state index < -0.39 is 0 Å². The molecule has 0 atom stereocenters. The molecular weight excluding hydrogens is 288 g/mol. The minimum absolute atomic E-state index is 0.472. The van der Waals surface area contributed by atoms with E-state index in [1.807, 2.05) is 0 Å². The number of benzene rings is 1. The van der Waals surface area contributed by atoms with Gasteiger partial charge in [0.25, 0.3) is 0 Å². The summed E-state index contributed by atoms with van der Waals surface area (Å²) in [7, 11) is 1.71. The Morgan fingerprint density at radius 1 is 1.22 bits per heavy atom. The van der Waals surface area contributed by atoms with E-state index in [0.717, 1.165) is 37.6 Å². The highest BCUT2D eigenvalue weighted by atomic mass is 16.5. The van der Waals surface area contributed by atoms with Crippen molar-refractivity contribution in [2.45, 2.75) is 32.4 Å². The van der Waals surface area contributed by atoms with Gasteiger partial charge in [0.2, 0.25) is 0 Å². The van der Waals surface area contributed by atoms with Gasteiger partial charge < -0.3 is 20.7 Å². The molecule has 5 heteroatoms. The number of nitrogens with zero attached hydrogens (tertiary/aromatic N) is 1. The first-order valence-electron chi connectivity index (χ1n) is 8.33. The van der Waals surface area contributed by atoms with Crippen LogP contribution in [0.4, 0.5) is 5.69 Å². The summed E-state index contributed by atoms with van der Waals surface area (Å²) in [4.78, 5) is 4.68. The molecule has 0 unspecified atom stereocenters. The normalized spacial score (nSPS) is 15.0. The quantitative estimate of drug-likeness (QED) is 0.298. The summed E-state index contributed by atoms with van der Waals surface area (Å²) in [5, 5.41) is 10.1. The zero-order valence-electron chi connectivity index (χ0n) is 14.1. The highest BCUT2D eigenvalue weighted by Gasteiger charge is 2.11. The molecule has 2 rings (SSSR count). The molecule has 126 valence electrons. The van der Waals surface area contributed by atoms with Gasteiger partial charge in [-0.25, -0.2) is 4.99 Å². The topological polar surface area (TPSA) is 57.7 Å². The van der Waals surface area contributed by atoms with Crippen LogP contribution < -0.4 is 16.0 Å². The first-order chi connectivity index (χ1) is 11.3. The van der Waals surface area contributed by atoms with Gasteiger partial charge in [0, 0.05) is 31.9 Å². The molecule has 0 aromatic heterocycles. The molecule has 1 aromatic carbocycles. The Hall–Kier alpha value is -2.01. The molecule has 1 aromatic rings. The molecule has 0 heterocycles. The van der Waals surface area contributed by atoms with Crippen LogP contribution in [0, 0.1) is 0 Å². The fourth-order valence-corrected chi connectivity index (χ4v) is 2.44. The van der Waals surface area contributed by atoms with Crippen molar-refractivity contribution in [1.82, 2.24) is 10.6 Å². The van der Waals surface area contributed by atoms with Gasteiger partial charge in [-0.2, -0.15) is 0 Å². The van der Waals surface area contributed by atoms with Crippen molar-refractivity contribution in [3.05, 3.63) is 42.0 Å². The molecule has 0 radical (unpaired) electrons. The van der Waals surface area contributed by atoms with E-state index in [-0.39, 0.29) is 0 Å². The number of anilines is 1. The number of hydrogen-bond donors (Lipinski definition) is 3. The van der Waals surface area contributed by atoms with Gasteiger partial charge >= 0.3 is 0 Å². The van der Waals surface area contributed by atoms with Gasteiger partial charge in [0.15, 0.2) is 5.96 Å². The fourth-order valence-electron chi connectivity index (χ4n) is 2.44. The lowest BCUT2D eigenvalue weighted by Gasteiger charge is -2.16. The SMILES string of the molecule is CCNC(=NCc1ccc(NCCOC)cc1)NC1CC=CC1. The summed E-state index contributed by atoms with van der Waals surface area (Å²) in [6, 6.07) is 8.86. The van der Waals surface area contributed by atoms with Crippen LogP contribution >= 0.6 is 0 Å². The van der Waals surface area contributed by atoms with E-state index in [1.54, 1.807) is 7.11 Å². The minimum Gasteiger partial charge on any atom is -0.383 e. The molecule has 0 bridgehead atoms. The molecule has 0 amide bonds. The van der Waals surface area contributed by atoms with Crippen LogP contribution in [-0.4, -0.2) is 38.8 Å². The number of aliphatic imine (C=N–C) groups is 1. The molecule has 0 saturated carbocycles. The van der Waals surface area contributed by atoms with Crippen molar-refractivity contribution in [2.75, 3.05) is 32.1 Å². The molecule has 1 aliphatic rings. The second kappa shape index (κ2) is 9.90. The van der Waals surface area contributed by atoms with Gasteiger partial charge in [-0.1, -0.05) is 24.3 Å². The zero-order valence-corrected chi connectivity index (χ0v) is 14.1. The van der Waals surface area contributed by atoms with Crippen LogP contribution in [0.1, 0.15) is 25.3 Å². The fraction of sp³-hybridized carbons (Fsp3) is 0.500. The Bertz CT molecular complexity index is 502. The van der Waals surface area contributed by atoms with Crippen molar-refractivity contribution in [2.24, 2.45) is 4.99 Å². The van der Waals surface area contributed by atoms with Gasteiger partial charge in [-0.05, 0) is 37.5 Å². The summed E-state index contributed by atoms with van der Waals surface area (Å²) in [6.45, 7) is 5.16. The van der Waals surface area contributed by atoms with Gasteiger partial charge in [-0.3, -0.25) is 0 Å². The van der Waals surface area contributed by atoms with Gasteiger partial charge in [0.05, 0.1) is 13.2 Å². The molecule has 1 aliphatic carbocycles. The van der Waals surface area contributed by atoms with E-state index in [2.05, 4.69) is 64.3 Å². The number of methoxy groups -OCH3 is 1. The monoisotopic (exact) mass is 316 g/mol. The maximum atomic E-state index is 5.03. The van der Waals surface area contributed by atoms with Crippen molar-refractivity contribution >= 4 is 11.6 Å². The van der Waals surface area contributed by atoms with E-state index in [1.165, 1.54) is 5.56 Å². The van der Waals surface area contributed by atoms with Crippen LogP contribution in [0.25, 0.3) is 0 Å². The number of guanidine groups is 1. The molecule has 0 aliphatic heterocycles. The van der Waals surface area contributed by atoms with Gasteiger partial charge in [-0.15, -0.1) is 0 Å². The van der Waals surface area contributed by atoms with Crippen LogP contribution in [-0.2, 0) is 11.3 Å². The van der Waals surface area contributed by atoms with E-state index in [9.17, 15) is 0 Å². The Morgan fingerprint density at radius 3 is 2.61 bits per heavy atom. The first-order valence-corrected chi connectivity index (χ1v) is 8.33. The second-order valence-electron chi connectivity index (χ2n) is 5.60. The number of ether oxygens (including phenoxy) is 1. The molecule has 3 N–H and O–H groups in total. The zero-order chi connectivity index (χ0) is 16.3. The largest absolute Gasteiger partial charge is 0.383 e. The second-order valence-corrected chi connectivity index (χ2v) is 5.60. The van der Waals surface area contributed by atoms with Crippen LogP contribution in [0.2, 0.25) is 0 Å². The van der Waals surface area contributed by atoms with E-state index in [4.69, 9.17) is 4.74 Å². The lowest BCUT2D eigenvalue weighted by Crippen LogP contribution is -2.42. The predicted molar refractivity (Wildman–Crippen MR) is 96.9 cm³/mol.